The van der Waals surface area contributed by atoms with Crippen LogP contribution in [-0.2, 0) is 16.4 Å². The van der Waals surface area contributed by atoms with Gasteiger partial charge in [-0.05, 0) is 43.4 Å². The Balaban J connectivity index is 1.62. The first kappa shape index (κ1) is 18.2. The standard InChI is InChI=1S/C16H21ClN4O3S/c1-11(10-15-18-16(22)20-19-15)25(23,24)21-8-6-13(7-9-21)12-2-4-14(17)5-3-12/h2-5,11,13H,6-10H2,1H3,(H2,18,19,20,22). The van der Waals surface area contributed by atoms with E-state index in [1.165, 1.54) is 5.56 Å². The van der Waals surface area contributed by atoms with Crippen LogP contribution < -0.4 is 5.69 Å². The molecule has 9 heteroatoms. The fourth-order valence-electron chi connectivity index (χ4n) is 3.21. The van der Waals surface area contributed by atoms with Crippen LogP contribution in [0.3, 0.4) is 0 Å². The third-order valence-electron chi connectivity index (χ3n) is 4.69. The van der Waals surface area contributed by atoms with Gasteiger partial charge in [-0.25, -0.2) is 22.6 Å². The normalized spacial score (nSPS) is 18.3. The molecule has 1 aromatic carbocycles. The number of nitrogens with zero attached hydrogens (tertiary/aromatic N) is 2. The molecule has 2 aromatic rings. The van der Waals surface area contributed by atoms with Crippen molar-refractivity contribution in [3.63, 3.8) is 0 Å². The Morgan fingerprint density at radius 3 is 2.48 bits per heavy atom. The predicted octanol–water partition coefficient (Wildman–Crippen LogP) is 1.89. The third kappa shape index (κ3) is 4.13. The first-order chi connectivity index (χ1) is 11.9. The monoisotopic (exact) mass is 384 g/mol. The molecule has 25 heavy (non-hydrogen) atoms. The van der Waals surface area contributed by atoms with Crippen molar-refractivity contribution in [2.24, 2.45) is 0 Å². The second kappa shape index (κ2) is 7.31. The van der Waals surface area contributed by atoms with Crippen LogP contribution in [0.15, 0.2) is 29.1 Å². The second-order valence-corrected chi connectivity index (χ2v) is 9.20. The number of H-pyrrole nitrogens is 2. The molecule has 1 unspecified atom stereocenters. The van der Waals surface area contributed by atoms with Gasteiger partial charge in [0.05, 0.1) is 5.25 Å². The van der Waals surface area contributed by atoms with Gasteiger partial charge >= 0.3 is 5.69 Å². The average Bonchev–Trinajstić information content (AvgIpc) is 3.00. The van der Waals surface area contributed by atoms with Crippen LogP contribution in [0.4, 0.5) is 0 Å². The molecule has 0 saturated carbocycles. The first-order valence-electron chi connectivity index (χ1n) is 8.24. The molecule has 0 aliphatic carbocycles. The highest BCUT2D eigenvalue weighted by atomic mass is 35.5. The Bertz CT molecular complexity index is 867. The number of nitrogens with one attached hydrogen (secondary N) is 2. The Morgan fingerprint density at radius 2 is 1.92 bits per heavy atom. The molecule has 0 bridgehead atoms. The summed E-state index contributed by atoms with van der Waals surface area (Å²) in [6.45, 7) is 2.64. The molecule has 0 amide bonds. The van der Waals surface area contributed by atoms with E-state index in [1.807, 2.05) is 24.3 Å². The summed E-state index contributed by atoms with van der Waals surface area (Å²) < 4.78 is 27.1. The molecule has 0 spiro atoms. The number of halogens is 1. The highest BCUT2D eigenvalue weighted by Crippen LogP contribution is 2.30. The molecule has 1 saturated heterocycles. The lowest BCUT2D eigenvalue weighted by atomic mass is 9.90. The predicted molar refractivity (Wildman–Crippen MR) is 96.3 cm³/mol. The van der Waals surface area contributed by atoms with Gasteiger partial charge in [0.25, 0.3) is 0 Å². The van der Waals surface area contributed by atoms with Crippen LogP contribution in [0.2, 0.25) is 5.02 Å². The van der Waals surface area contributed by atoms with E-state index in [0.29, 0.717) is 29.9 Å². The summed E-state index contributed by atoms with van der Waals surface area (Å²) in [5.41, 5.74) is 0.770. The summed E-state index contributed by atoms with van der Waals surface area (Å²) in [6, 6.07) is 7.75. The molecule has 1 fully saturated rings. The number of aromatic nitrogens is 3. The lowest BCUT2D eigenvalue weighted by Gasteiger charge is -2.33. The van der Waals surface area contributed by atoms with Crippen LogP contribution in [0, 0.1) is 0 Å². The quantitative estimate of drug-likeness (QED) is 0.822. The first-order valence-corrected chi connectivity index (χ1v) is 10.1. The van der Waals surface area contributed by atoms with Gasteiger partial charge in [-0.15, -0.1) is 0 Å². The largest absolute Gasteiger partial charge is 0.340 e. The molecule has 1 atom stereocenters. The summed E-state index contributed by atoms with van der Waals surface area (Å²) in [4.78, 5) is 13.6. The Hall–Kier alpha value is -1.64. The fourth-order valence-corrected chi connectivity index (χ4v) is 4.94. The van der Waals surface area contributed by atoms with Crippen molar-refractivity contribution in [3.8, 4) is 0 Å². The molecule has 2 heterocycles. The molecule has 0 radical (unpaired) electrons. The van der Waals surface area contributed by atoms with E-state index in [-0.39, 0.29) is 6.42 Å². The van der Waals surface area contributed by atoms with Crippen LogP contribution in [0.1, 0.15) is 37.1 Å². The lowest BCUT2D eigenvalue weighted by Crippen LogP contribution is -2.43. The van der Waals surface area contributed by atoms with Crippen molar-refractivity contribution in [2.75, 3.05) is 13.1 Å². The molecule has 3 rings (SSSR count). The number of sulfonamides is 1. The number of piperidine rings is 1. The van der Waals surface area contributed by atoms with E-state index in [0.717, 1.165) is 12.8 Å². The maximum absolute atomic E-state index is 12.8. The molecule has 1 aliphatic rings. The maximum Gasteiger partial charge on any atom is 0.340 e. The van der Waals surface area contributed by atoms with E-state index < -0.39 is 21.0 Å². The zero-order valence-corrected chi connectivity index (χ0v) is 15.5. The summed E-state index contributed by atoms with van der Waals surface area (Å²) in [7, 11) is -3.43. The Morgan fingerprint density at radius 1 is 1.28 bits per heavy atom. The van der Waals surface area contributed by atoms with E-state index in [9.17, 15) is 13.2 Å². The van der Waals surface area contributed by atoms with E-state index in [1.54, 1.807) is 11.2 Å². The highest BCUT2D eigenvalue weighted by Gasteiger charge is 2.33. The highest BCUT2D eigenvalue weighted by molar-refractivity contribution is 7.89. The Kier molecular flexibility index (Phi) is 5.31. The molecule has 136 valence electrons. The number of hydrogen-bond acceptors (Lipinski definition) is 4. The number of benzene rings is 1. The molecule has 1 aliphatic heterocycles. The van der Waals surface area contributed by atoms with Crippen LogP contribution in [-0.4, -0.2) is 46.2 Å². The third-order valence-corrected chi connectivity index (χ3v) is 7.22. The van der Waals surface area contributed by atoms with Gasteiger partial charge in [0.15, 0.2) is 0 Å². The van der Waals surface area contributed by atoms with Crippen molar-refractivity contribution in [1.29, 1.82) is 0 Å². The minimum atomic E-state index is -3.43. The molecule has 1 aromatic heterocycles. The Labute approximate surface area is 151 Å². The average molecular weight is 385 g/mol. The number of rotatable bonds is 5. The minimum absolute atomic E-state index is 0.179. The lowest BCUT2D eigenvalue weighted by molar-refractivity contribution is 0.316. The smallest absolute Gasteiger partial charge is 0.293 e. The maximum atomic E-state index is 12.8. The fraction of sp³-hybridized carbons (Fsp3) is 0.500. The van der Waals surface area contributed by atoms with Crippen LogP contribution >= 0.6 is 11.6 Å². The summed E-state index contributed by atoms with van der Waals surface area (Å²) in [5.74, 6) is 0.707. The summed E-state index contributed by atoms with van der Waals surface area (Å²) in [5, 5.41) is 6.10. The molecular weight excluding hydrogens is 364 g/mol. The van der Waals surface area contributed by atoms with Gasteiger partial charge in [0.1, 0.15) is 5.82 Å². The number of aromatic amines is 2. The zero-order valence-electron chi connectivity index (χ0n) is 13.9. The molecular formula is C16H21ClN4O3S. The van der Waals surface area contributed by atoms with E-state index in [4.69, 9.17) is 11.6 Å². The summed E-state index contributed by atoms with van der Waals surface area (Å²) in [6.07, 6.45) is 1.75. The van der Waals surface area contributed by atoms with E-state index in [2.05, 4.69) is 15.2 Å². The van der Waals surface area contributed by atoms with Gasteiger partial charge in [0, 0.05) is 24.5 Å². The summed E-state index contributed by atoms with van der Waals surface area (Å²) >= 11 is 5.92. The number of hydrogen-bond donors (Lipinski definition) is 2. The van der Waals surface area contributed by atoms with Crippen molar-refractivity contribution in [3.05, 3.63) is 51.2 Å². The van der Waals surface area contributed by atoms with Gasteiger partial charge in [-0.1, -0.05) is 23.7 Å². The van der Waals surface area contributed by atoms with Gasteiger partial charge < -0.3 is 0 Å². The van der Waals surface area contributed by atoms with Crippen molar-refractivity contribution < 1.29 is 8.42 Å². The van der Waals surface area contributed by atoms with Crippen LogP contribution in [0.25, 0.3) is 0 Å². The van der Waals surface area contributed by atoms with Gasteiger partial charge in [-0.3, -0.25) is 4.98 Å². The topological polar surface area (TPSA) is 98.9 Å². The SMILES string of the molecule is CC(Cc1n[nH]c(=O)[nH]1)S(=O)(=O)N1CCC(c2ccc(Cl)cc2)CC1. The van der Waals surface area contributed by atoms with Crippen molar-refractivity contribution >= 4 is 21.6 Å². The molecule has 7 nitrogen and oxygen atoms in total. The van der Waals surface area contributed by atoms with Gasteiger partial charge in [-0.2, -0.15) is 5.10 Å². The van der Waals surface area contributed by atoms with Crippen molar-refractivity contribution in [2.45, 2.75) is 37.4 Å². The van der Waals surface area contributed by atoms with Crippen molar-refractivity contribution in [1.82, 2.24) is 19.5 Å². The van der Waals surface area contributed by atoms with Gasteiger partial charge in [0.2, 0.25) is 10.0 Å². The minimum Gasteiger partial charge on any atom is -0.293 e. The van der Waals surface area contributed by atoms with E-state index >= 15 is 0 Å². The zero-order chi connectivity index (χ0) is 18.0. The van der Waals surface area contributed by atoms with Crippen LogP contribution in [0.5, 0.6) is 0 Å². The second-order valence-electron chi connectivity index (χ2n) is 6.41. The molecule has 2 N–H and O–H groups in total.